The molecule has 1 aliphatic heterocycles. The van der Waals surface area contributed by atoms with Gasteiger partial charge in [-0.25, -0.2) is 0 Å². The van der Waals surface area contributed by atoms with Gasteiger partial charge < -0.3 is 5.32 Å². The van der Waals surface area contributed by atoms with Gasteiger partial charge in [0.05, 0.1) is 0 Å². The van der Waals surface area contributed by atoms with Crippen molar-refractivity contribution in [3.8, 4) is 0 Å². The molecule has 1 N–H and O–H groups in total. The third-order valence-corrected chi connectivity index (χ3v) is 1.96. The minimum Gasteiger partial charge on any atom is -0.355 e. The Bertz CT molecular complexity index is 217. The lowest BCUT2D eigenvalue weighted by Crippen LogP contribution is -2.40. The average Bonchev–Trinajstić information content (AvgIpc) is 2.30. The Kier molecular flexibility index (Phi) is 2.92. The molecule has 1 aliphatic rings. The Morgan fingerprint density at radius 2 is 2.58 bits per heavy atom. The van der Waals surface area contributed by atoms with E-state index in [0.29, 0.717) is 18.1 Å². The van der Waals surface area contributed by atoms with Crippen molar-refractivity contribution in [2.75, 3.05) is 13.6 Å². The first-order chi connectivity index (χ1) is 5.65. The largest absolute Gasteiger partial charge is 0.355 e. The molecule has 5 heteroatoms. The van der Waals surface area contributed by atoms with Gasteiger partial charge in [-0.1, -0.05) is 11.6 Å². The molecular weight excluding hydrogens is 178 g/mol. The van der Waals surface area contributed by atoms with Crippen LogP contribution in [0.25, 0.3) is 0 Å². The summed E-state index contributed by atoms with van der Waals surface area (Å²) in [5.74, 6) is -0.0144. The first-order valence-corrected chi connectivity index (χ1v) is 4.26. The molecule has 0 aromatic heterocycles. The van der Waals surface area contributed by atoms with Crippen molar-refractivity contribution in [3.63, 3.8) is 0 Å². The van der Waals surface area contributed by atoms with E-state index >= 15 is 0 Å². The molecule has 0 radical (unpaired) electrons. The van der Waals surface area contributed by atoms with E-state index in [1.165, 1.54) is 0 Å². The lowest BCUT2D eigenvalue weighted by atomic mass is 10.2. The van der Waals surface area contributed by atoms with Crippen LogP contribution >= 0.6 is 11.6 Å². The summed E-state index contributed by atoms with van der Waals surface area (Å²) in [5.41, 5.74) is 0. The maximum absolute atomic E-state index is 11.3. The summed E-state index contributed by atoms with van der Waals surface area (Å²) in [6.45, 7) is 2.52. The van der Waals surface area contributed by atoms with Crippen LogP contribution in [0, 0.1) is 0 Å². The molecule has 1 heterocycles. The van der Waals surface area contributed by atoms with Gasteiger partial charge in [-0.15, -0.1) is 0 Å². The number of nitrogens with zero attached hydrogens (tertiary/aromatic N) is 2. The van der Waals surface area contributed by atoms with Crippen molar-refractivity contribution in [2.45, 2.75) is 19.4 Å². The molecule has 0 saturated carbocycles. The zero-order chi connectivity index (χ0) is 9.14. The van der Waals surface area contributed by atoms with Crippen molar-refractivity contribution >= 4 is 22.7 Å². The highest BCUT2D eigenvalue weighted by Gasteiger charge is 2.28. The molecule has 68 valence electrons. The highest BCUT2D eigenvalue weighted by atomic mass is 35.5. The van der Waals surface area contributed by atoms with Crippen LogP contribution in [0.4, 0.5) is 0 Å². The van der Waals surface area contributed by atoms with E-state index in [1.807, 2.05) is 6.92 Å². The first kappa shape index (κ1) is 9.32. The van der Waals surface area contributed by atoms with Crippen molar-refractivity contribution in [1.82, 2.24) is 10.3 Å². The molecule has 0 fully saturated rings. The second-order valence-electron chi connectivity index (χ2n) is 2.66. The molecule has 1 rings (SSSR count). The van der Waals surface area contributed by atoms with Gasteiger partial charge in [0.2, 0.25) is 5.91 Å². The minimum absolute atomic E-state index is 0.0144. The highest BCUT2D eigenvalue weighted by Crippen LogP contribution is 2.14. The highest BCUT2D eigenvalue weighted by molar-refractivity contribution is 6.65. The zero-order valence-corrected chi connectivity index (χ0v) is 7.93. The van der Waals surface area contributed by atoms with Gasteiger partial charge >= 0.3 is 0 Å². The van der Waals surface area contributed by atoms with Gasteiger partial charge in [0.25, 0.3) is 0 Å². The molecular formula is C7H12ClN3O. The van der Waals surface area contributed by atoms with Crippen LogP contribution in [0.5, 0.6) is 0 Å². The van der Waals surface area contributed by atoms with Crippen LogP contribution in [0.2, 0.25) is 0 Å². The number of hydrogen-bond donors (Lipinski definition) is 1. The molecule has 0 saturated heterocycles. The number of carbonyl (C=O) groups excluding carboxylic acids is 1. The van der Waals surface area contributed by atoms with Crippen molar-refractivity contribution in [3.05, 3.63) is 0 Å². The van der Waals surface area contributed by atoms with E-state index in [4.69, 9.17) is 11.6 Å². The lowest BCUT2D eigenvalue weighted by Gasteiger charge is -2.16. The van der Waals surface area contributed by atoms with Gasteiger partial charge in [-0.2, -0.15) is 5.10 Å². The SMILES string of the molecule is CCNC(=O)C1CC(Cl)=NN1C. The fourth-order valence-corrected chi connectivity index (χ4v) is 1.39. The molecule has 0 aromatic carbocycles. The van der Waals surface area contributed by atoms with E-state index in [1.54, 1.807) is 12.1 Å². The standard InChI is InChI=1S/C7H12ClN3O/c1-3-9-7(12)5-4-6(8)10-11(5)2/h5H,3-4H2,1-2H3,(H,9,12). The number of halogens is 1. The van der Waals surface area contributed by atoms with Crippen LogP contribution < -0.4 is 5.32 Å². The molecule has 0 spiro atoms. The number of nitrogens with one attached hydrogen (secondary N) is 1. The summed E-state index contributed by atoms with van der Waals surface area (Å²) in [4.78, 5) is 11.3. The summed E-state index contributed by atoms with van der Waals surface area (Å²) >= 11 is 5.67. The van der Waals surface area contributed by atoms with E-state index < -0.39 is 0 Å². The molecule has 12 heavy (non-hydrogen) atoms. The molecule has 4 nitrogen and oxygen atoms in total. The maximum Gasteiger partial charge on any atom is 0.244 e. The fraction of sp³-hybridized carbons (Fsp3) is 0.714. The maximum atomic E-state index is 11.3. The van der Waals surface area contributed by atoms with Crippen LogP contribution in [0.1, 0.15) is 13.3 Å². The summed E-state index contributed by atoms with van der Waals surface area (Å²) in [6, 6.07) is -0.225. The third-order valence-electron chi connectivity index (χ3n) is 1.73. The fourth-order valence-electron chi connectivity index (χ4n) is 1.13. The number of hydrogen-bond acceptors (Lipinski definition) is 3. The van der Waals surface area contributed by atoms with Crippen LogP contribution in [0.3, 0.4) is 0 Å². The molecule has 1 unspecified atom stereocenters. The number of carbonyl (C=O) groups is 1. The van der Waals surface area contributed by atoms with E-state index in [-0.39, 0.29) is 11.9 Å². The Balaban J connectivity index is 2.51. The van der Waals surface area contributed by atoms with E-state index in [2.05, 4.69) is 10.4 Å². The predicted molar refractivity (Wildman–Crippen MR) is 48.1 cm³/mol. The predicted octanol–water partition coefficient (Wildman–Crippen LogP) is 0.379. The number of likely N-dealkylation sites (N-methyl/N-ethyl adjacent to an activating group) is 2. The first-order valence-electron chi connectivity index (χ1n) is 3.88. The van der Waals surface area contributed by atoms with Crippen molar-refractivity contribution in [1.29, 1.82) is 0 Å². The molecule has 0 aromatic rings. The zero-order valence-electron chi connectivity index (χ0n) is 7.17. The molecule has 1 amide bonds. The Morgan fingerprint density at radius 1 is 1.92 bits per heavy atom. The van der Waals surface area contributed by atoms with Crippen LogP contribution in [-0.2, 0) is 4.79 Å². The quantitative estimate of drug-likeness (QED) is 0.683. The summed E-state index contributed by atoms with van der Waals surface area (Å²) in [5, 5.41) is 8.74. The number of hydrazone groups is 1. The number of rotatable bonds is 2. The second-order valence-corrected chi connectivity index (χ2v) is 3.10. The average molecular weight is 190 g/mol. The van der Waals surface area contributed by atoms with Crippen molar-refractivity contribution < 1.29 is 4.79 Å². The van der Waals surface area contributed by atoms with E-state index in [9.17, 15) is 4.79 Å². The topological polar surface area (TPSA) is 44.7 Å². The summed E-state index contributed by atoms with van der Waals surface area (Å²) in [7, 11) is 1.75. The second kappa shape index (κ2) is 3.76. The Labute approximate surface area is 76.6 Å². The minimum atomic E-state index is -0.225. The van der Waals surface area contributed by atoms with Gasteiger partial charge in [0.1, 0.15) is 11.2 Å². The Morgan fingerprint density at radius 3 is 3.00 bits per heavy atom. The van der Waals surface area contributed by atoms with Gasteiger partial charge in [-0.05, 0) is 6.92 Å². The van der Waals surface area contributed by atoms with Gasteiger partial charge in [0, 0.05) is 20.0 Å². The summed E-state index contributed by atoms with van der Waals surface area (Å²) < 4.78 is 0. The van der Waals surface area contributed by atoms with Gasteiger partial charge in [0.15, 0.2) is 0 Å². The monoisotopic (exact) mass is 189 g/mol. The van der Waals surface area contributed by atoms with Crippen molar-refractivity contribution in [2.24, 2.45) is 5.10 Å². The van der Waals surface area contributed by atoms with Crippen LogP contribution in [0.15, 0.2) is 5.10 Å². The van der Waals surface area contributed by atoms with Crippen LogP contribution in [-0.4, -0.2) is 35.7 Å². The van der Waals surface area contributed by atoms with Gasteiger partial charge in [-0.3, -0.25) is 9.80 Å². The summed E-state index contributed by atoms with van der Waals surface area (Å²) in [6.07, 6.45) is 0.518. The van der Waals surface area contributed by atoms with E-state index in [0.717, 1.165) is 0 Å². The molecule has 1 atom stereocenters. The Hall–Kier alpha value is -0.770. The normalized spacial score (nSPS) is 22.4. The molecule has 0 bridgehead atoms. The lowest BCUT2D eigenvalue weighted by molar-refractivity contribution is -0.125. The number of amides is 1. The smallest absolute Gasteiger partial charge is 0.244 e. The molecule has 0 aliphatic carbocycles. The third kappa shape index (κ3) is 1.88.